The molecule has 2 unspecified atom stereocenters. The van der Waals surface area contributed by atoms with E-state index in [9.17, 15) is 17.7 Å². The van der Waals surface area contributed by atoms with Gasteiger partial charge >= 0.3 is 6.18 Å². The van der Waals surface area contributed by atoms with E-state index < -0.39 is 23.1 Å². The normalized spacial score (nSPS) is 16.3. The molecule has 2 atom stereocenters. The maximum absolute atomic E-state index is 13.5. The van der Waals surface area contributed by atoms with Gasteiger partial charge in [-0.3, -0.25) is 0 Å². The molecule has 11 heteroatoms. The second-order valence-corrected chi connectivity index (χ2v) is 9.13. The number of nitrogens with one attached hydrogen (secondary N) is 1. The molecule has 180 valence electrons. The molecule has 0 bridgehead atoms. The summed E-state index contributed by atoms with van der Waals surface area (Å²) < 4.78 is 67.1. The molecule has 0 saturated heterocycles. The highest BCUT2D eigenvalue weighted by Crippen LogP contribution is 2.44. The first-order chi connectivity index (χ1) is 16.8. The van der Waals surface area contributed by atoms with Crippen molar-refractivity contribution in [1.82, 2.24) is 15.2 Å². The van der Waals surface area contributed by atoms with Crippen LogP contribution in [0.5, 0.6) is 5.75 Å². The molecule has 1 aliphatic heterocycles. The van der Waals surface area contributed by atoms with Crippen LogP contribution in [0.2, 0.25) is 0 Å². The van der Waals surface area contributed by atoms with Crippen LogP contribution in [0, 0.1) is 6.92 Å². The van der Waals surface area contributed by atoms with Crippen molar-refractivity contribution in [3.63, 3.8) is 0 Å². The van der Waals surface area contributed by atoms with Crippen molar-refractivity contribution in [3.8, 4) is 17.0 Å². The first-order valence-corrected chi connectivity index (χ1v) is 11.8. The molecular weight excluding hydrogens is 481 g/mol. The van der Waals surface area contributed by atoms with Crippen molar-refractivity contribution in [2.75, 3.05) is 11.3 Å². The minimum atomic E-state index is -4.49. The molecule has 0 amide bonds. The molecule has 0 radical (unpaired) electrons. The highest BCUT2D eigenvalue weighted by atomic mass is 32.2. The molecule has 0 fully saturated rings. The van der Waals surface area contributed by atoms with E-state index in [1.807, 2.05) is 0 Å². The van der Waals surface area contributed by atoms with Crippen molar-refractivity contribution >= 4 is 17.2 Å². The molecule has 1 N–H and O–H groups in total. The van der Waals surface area contributed by atoms with Gasteiger partial charge < -0.3 is 13.7 Å². The van der Waals surface area contributed by atoms with Crippen LogP contribution >= 0.6 is 0 Å². The van der Waals surface area contributed by atoms with Crippen LogP contribution in [0.15, 0.2) is 70.3 Å². The Bertz CT molecular complexity index is 1350. The fourth-order valence-corrected chi connectivity index (χ4v) is 4.89. The number of benzene rings is 2. The molecule has 35 heavy (non-hydrogen) atoms. The van der Waals surface area contributed by atoms with Gasteiger partial charge in [-0.15, -0.1) is 5.10 Å². The number of fused-ring (bicyclic) bond motifs is 1. The Balaban J connectivity index is 1.51. The monoisotopic (exact) mass is 500 g/mol. The Labute approximate surface area is 201 Å². The number of anilines is 1. The number of alkyl halides is 3. The van der Waals surface area contributed by atoms with Crippen LogP contribution in [0.4, 0.5) is 19.0 Å². The van der Waals surface area contributed by atoms with E-state index in [1.165, 1.54) is 18.5 Å². The summed E-state index contributed by atoms with van der Waals surface area (Å²) in [5, 5.41) is 7.62. The van der Waals surface area contributed by atoms with Crippen molar-refractivity contribution < 1.29 is 26.9 Å². The van der Waals surface area contributed by atoms with E-state index in [1.54, 1.807) is 37.3 Å². The van der Waals surface area contributed by atoms with E-state index in [0.29, 0.717) is 52.2 Å². The van der Waals surface area contributed by atoms with E-state index in [-0.39, 0.29) is 5.92 Å². The molecule has 0 aliphatic carbocycles. The zero-order valence-corrected chi connectivity index (χ0v) is 19.2. The number of aryl methyl sites for hydroxylation is 1. The SMILES string of the molecule is Cc1nc(-c2cc(C(F)(F)F)ccc2C2CCOc3cc([S+]([O-])Nc4cccnn4)ccc32)co1. The quantitative estimate of drug-likeness (QED) is 0.361. The minimum Gasteiger partial charge on any atom is -0.588 e. The predicted octanol–water partition coefficient (Wildman–Crippen LogP) is 5.51. The Morgan fingerprint density at radius 2 is 1.94 bits per heavy atom. The van der Waals surface area contributed by atoms with Gasteiger partial charge in [0, 0.05) is 36.2 Å². The van der Waals surface area contributed by atoms with E-state index in [0.717, 1.165) is 17.7 Å². The zero-order chi connectivity index (χ0) is 24.6. The van der Waals surface area contributed by atoms with Crippen molar-refractivity contribution in [3.05, 3.63) is 83.6 Å². The van der Waals surface area contributed by atoms with Crippen LogP contribution in [0.3, 0.4) is 0 Å². The standard InChI is InChI=1S/C24H19F3N4O3S/c1-14-29-21(13-34-14)20-11-15(24(25,26)27)4-6-17(20)18-8-10-33-22-12-16(5-7-19(18)22)35(32)31-23-3-2-9-28-30-23/h2-7,9,11-13,18H,8,10H2,1H3,(H,30,31). The van der Waals surface area contributed by atoms with E-state index >= 15 is 0 Å². The molecule has 0 saturated carbocycles. The Morgan fingerprint density at radius 1 is 1.11 bits per heavy atom. The molecule has 2 aromatic heterocycles. The topological polar surface area (TPSA) is 96.1 Å². The summed E-state index contributed by atoms with van der Waals surface area (Å²) in [6.07, 6.45) is -1.06. The Hall–Kier alpha value is -3.57. The molecule has 1 aliphatic rings. The number of ether oxygens (including phenoxy) is 1. The highest BCUT2D eigenvalue weighted by molar-refractivity contribution is 7.92. The summed E-state index contributed by atoms with van der Waals surface area (Å²) in [7, 11) is 0. The Morgan fingerprint density at radius 3 is 2.66 bits per heavy atom. The number of hydrogen-bond donors (Lipinski definition) is 1. The van der Waals surface area contributed by atoms with Crippen LogP contribution in [0.1, 0.15) is 34.9 Å². The second kappa shape index (κ2) is 9.23. The minimum absolute atomic E-state index is 0.247. The lowest BCUT2D eigenvalue weighted by Crippen LogP contribution is -2.19. The summed E-state index contributed by atoms with van der Waals surface area (Å²) in [4.78, 5) is 4.74. The van der Waals surface area contributed by atoms with Gasteiger partial charge in [0.2, 0.25) is 0 Å². The third-order valence-corrected chi connectivity index (χ3v) is 6.74. The fourth-order valence-electron chi connectivity index (χ4n) is 4.06. The summed E-state index contributed by atoms with van der Waals surface area (Å²) in [6, 6.07) is 12.2. The fraction of sp³-hybridized carbons (Fsp3) is 0.208. The first-order valence-electron chi connectivity index (χ1n) is 10.7. The maximum Gasteiger partial charge on any atom is 0.416 e. The van der Waals surface area contributed by atoms with Crippen molar-refractivity contribution in [1.29, 1.82) is 0 Å². The van der Waals surface area contributed by atoms with Crippen LogP contribution in [0.25, 0.3) is 11.3 Å². The lowest BCUT2D eigenvalue weighted by molar-refractivity contribution is -0.137. The second-order valence-electron chi connectivity index (χ2n) is 7.92. The van der Waals surface area contributed by atoms with Crippen molar-refractivity contribution in [2.24, 2.45) is 0 Å². The van der Waals surface area contributed by atoms with Gasteiger partial charge in [0.25, 0.3) is 0 Å². The molecule has 5 rings (SSSR count). The lowest BCUT2D eigenvalue weighted by atomic mass is 9.83. The lowest BCUT2D eigenvalue weighted by Gasteiger charge is -2.28. The average molecular weight is 501 g/mol. The third kappa shape index (κ3) is 4.82. The largest absolute Gasteiger partial charge is 0.588 e. The van der Waals surface area contributed by atoms with Crippen LogP contribution in [-0.2, 0) is 17.5 Å². The van der Waals surface area contributed by atoms with Gasteiger partial charge in [-0.05, 0) is 48.4 Å². The van der Waals surface area contributed by atoms with Crippen LogP contribution in [-0.4, -0.2) is 26.3 Å². The molecule has 3 heterocycles. The molecular formula is C24H19F3N4O3S. The number of hydrogen-bond acceptors (Lipinski definition) is 7. The summed E-state index contributed by atoms with van der Waals surface area (Å²) >= 11 is -1.61. The Kier molecular flexibility index (Phi) is 6.12. The smallest absolute Gasteiger partial charge is 0.416 e. The number of rotatable bonds is 5. The van der Waals surface area contributed by atoms with Gasteiger partial charge in [0.05, 0.1) is 12.2 Å². The number of nitrogens with zero attached hydrogens (tertiary/aromatic N) is 3. The number of aromatic nitrogens is 3. The molecule has 0 spiro atoms. The summed E-state index contributed by atoms with van der Waals surface area (Å²) in [6.45, 7) is 1.99. The molecule has 2 aromatic carbocycles. The first kappa shape index (κ1) is 23.2. The van der Waals surface area contributed by atoms with Gasteiger partial charge in [-0.1, -0.05) is 6.07 Å². The predicted molar refractivity (Wildman–Crippen MR) is 122 cm³/mol. The summed E-state index contributed by atoms with van der Waals surface area (Å²) in [5.74, 6) is 0.997. The van der Waals surface area contributed by atoms with Gasteiger partial charge in [0.15, 0.2) is 16.6 Å². The maximum atomic E-state index is 13.5. The zero-order valence-electron chi connectivity index (χ0n) is 18.4. The molecule has 4 aromatic rings. The molecule has 7 nitrogen and oxygen atoms in total. The third-order valence-electron chi connectivity index (χ3n) is 5.66. The van der Waals surface area contributed by atoms with Crippen LogP contribution < -0.4 is 9.46 Å². The van der Waals surface area contributed by atoms with Gasteiger partial charge in [0.1, 0.15) is 29.1 Å². The highest BCUT2D eigenvalue weighted by Gasteiger charge is 2.34. The van der Waals surface area contributed by atoms with E-state index in [2.05, 4.69) is 19.9 Å². The van der Waals surface area contributed by atoms with E-state index in [4.69, 9.17) is 9.15 Å². The number of halogens is 3. The number of oxazole rings is 1. The average Bonchev–Trinajstić information content (AvgIpc) is 3.29. The summed E-state index contributed by atoms with van der Waals surface area (Å²) in [5.41, 5.74) is 1.40. The van der Waals surface area contributed by atoms with Crippen molar-refractivity contribution in [2.45, 2.75) is 30.3 Å². The van der Waals surface area contributed by atoms with Gasteiger partial charge in [-0.25, -0.2) is 4.98 Å². The van der Waals surface area contributed by atoms with Gasteiger partial charge in [-0.2, -0.15) is 23.0 Å².